The predicted octanol–water partition coefficient (Wildman–Crippen LogP) is 3.22. The van der Waals surface area contributed by atoms with E-state index in [1.165, 1.54) is 18.3 Å². The second-order valence-corrected chi connectivity index (χ2v) is 7.66. The number of ketones is 1. The van der Waals surface area contributed by atoms with Crippen LogP contribution in [0.25, 0.3) is 0 Å². The van der Waals surface area contributed by atoms with E-state index in [0.29, 0.717) is 0 Å². The standard InChI is InChI=1S/C16H17NO3S2/c1-11-6-8-14(9-7-11)22(19,20)17-16(12(2)13(3)18)15-5-4-10-21-15/h4-10,16-17H,2H2,1,3H3/t16-/m0/s1. The topological polar surface area (TPSA) is 63.2 Å². The van der Waals surface area contributed by atoms with Crippen LogP contribution in [0.4, 0.5) is 0 Å². The third kappa shape index (κ3) is 3.71. The van der Waals surface area contributed by atoms with E-state index in [1.54, 1.807) is 36.4 Å². The Morgan fingerprint density at radius 1 is 1.23 bits per heavy atom. The van der Waals surface area contributed by atoms with Gasteiger partial charge in [-0.25, -0.2) is 8.42 Å². The minimum Gasteiger partial charge on any atom is -0.295 e. The Labute approximate surface area is 134 Å². The van der Waals surface area contributed by atoms with E-state index in [-0.39, 0.29) is 16.3 Å². The largest absolute Gasteiger partial charge is 0.295 e. The van der Waals surface area contributed by atoms with Crippen molar-refractivity contribution in [1.29, 1.82) is 0 Å². The summed E-state index contributed by atoms with van der Waals surface area (Å²) in [5.74, 6) is -0.245. The van der Waals surface area contributed by atoms with Crippen molar-refractivity contribution in [3.8, 4) is 0 Å². The molecule has 0 unspecified atom stereocenters. The SMILES string of the molecule is C=C(C(C)=O)[C@H](NS(=O)(=O)c1ccc(C)cc1)c1cccs1. The van der Waals surface area contributed by atoms with Crippen LogP contribution in [0.1, 0.15) is 23.4 Å². The molecule has 6 heteroatoms. The average Bonchev–Trinajstić information content (AvgIpc) is 2.98. The minimum atomic E-state index is -3.74. The van der Waals surface area contributed by atoms with Crippen molar-refractivity contribution in [2.75, 3.05) is 0 Å². The van der Waals surface area contributed by atoms with Crippen molar-refractivity contribution in [3.63, 3.8) is 0 Å². The van der Waals surface area contributed by atoms with Gasteiger partial charge in [-0.2, -0.15) is 4.72 Å². The van der Waals surface area contributed by atoms with Crippen molar-refractivity contribution in [2.45, 2.75) is 24.8 Å². The van der Waals surface area contributed by atoms with E-state index in [2.05, 4.69) is 11.3 Å². The zero-order valence-electron chi connectivity index (χ0n) is 12.4. The smallest absolute Gasteiger partial charge is 0.241 e. The Kier molecular flexibility index (Phi) is 4.95. The highest BCUT2D eigenvalue weighted by Gasteiger charge is 2.26. The van der Waals surface area contributed by atoms with Crippen LogP contribution in [0.3, 0.4) is 0 Å². The van der Waals surface area contributed by atoms with E-state index in [1.807, 2.05) is 12.3 Å². The molecule has 0 bridgehead atoms. The van der Waals surface area contributed by atoms with Gasteiger partial charge in [0, 0.05) is 10.5 Å². The minimum absolute atomic E-state index is 0.163. The summed E-state index contributed by atoms with van der Waals surface area (Å²) in [5.41, 5.74) is 1.19. The predicted molar refractivity (Wildman–Crippen MR) is 88.4 cm³/mol. The van der Waals surface area contributed by atoms with Crippen molar-refractivity contribution in [3.05, 3.63) is 64.4 Å². The molecule has 0 amide bonds. The lowest BCUT2D eigenvalue weighted by atomic mass is 10.1. The number of aryl methyl sites for hydroxylation is 1. The van der Waals surface area contributed by atoms with Crippen LogP contribution in [0.2, 0.25) is 0 Å². The van der Waals surface area contributed by atoms with E-state index < -0.39 is 16.1 Å². The van der Waals surface area contributed by atoms with Crippen LogP contribution in [-0.2, 0) is 14.8 Å². The van der Waals surface area contributed by atoms with Crippen molar-refractivity contribution < 1.29 is 13.2 Å². The highest BCUT2D eigenvalue weighted by Crippen LogP contribution is 2.27. The number of sulfonamides is 1. The summed E-state index contributed by atoms with van der Waals surface area (Å²) < 4.78 is 27.6. The molecule has 4 nitrogen and oxygen atoms in total. The number of rotatable bonds is 6. The quantitative estimate of drug-likeness (QED) is 0.825. The van der Waals surface area contributed by atoms with Gasteiger partial charge in [0.25, 0.3) is 0 Å². The molecule has 1 atom stereocenters. The van der Waals surface area contributed by atoms with E-state index >= 15 is 0 Å². The maximum atomic E-state index is 12.5. The maximum absolute atomic E-state index is 12.5. The Morgan fingerprint density at radius 3 is 2.36 bits per heavy atom. The molecule has 2 rings (SSSR count). The molecule has 1 heterocycles. The number of carbonyl (C=O) groups excluding carboxylic acids is 1. The molecule has 116 valence electrons. The molecule has 0 spiro atoms. The monoisotopic (exact) mass is 335 g/mol. The van der Waals surface area contributed by atoms with Crippen LogP contribution in [0.5, 0.6) is 0 Å². The number of hydrogen-bond acceptors (Lipinski definition) is 4. The third-order valence-corrected chi connectivity index (χ3v) is 5.61. The molecule has 1 N–H and O–H groups in total. The van der Waals surface area contributed by atoms with Crippen molar-refractivity contribution in [1.82, 2.24) is 4.72 Å². The number of thiophene rings is 1. The fraction of sp³-hybridized carbons (Fsp3) is 0.188. The van der Waals surface area contributed by atoms with E-state index in [0.717, 1.165) is 10.4 Å². The second kappa shape index (κ2) is 6.56. The zero-order chi connectivity index (χ0) is 16.3. The second-order valence-electron chi connectivity index (χ2n) is 4.96. The van der Waals surface area contributed by atoms with Crippen LogP contribution in [0.15, 0.2) is 58.8 Å². The number of nitrogens with one attached hydrogen (secondary N) is 1. The Morgan fingerprint density at radius 2 is 1.86 bits per heavy atom. The zero-order valence-corrected chi connectivity index (χ0v) is 14.0. The number of carbonyl (C=O) groups is 1. The molecule has 0 radical (unpaired) electrons. The van der Waals surface area contributed by atoms with Gasteiger partial charge in [-0.15, -0.1) is 11.3 Å². The summed E-state index contributed by atoms with van der Waals surface area (Å²) in [5, 5.41) is 1.83. The summed E-state index contributed by atoms with van der Waals surface area (Å²) in [6.07, 6.45) is 0. The molecule has 0 aliphatic heterocycles. The molecular formula is C16H17NO3S2. The molecule has 22 heavy (non-hydrogen) atoms. The van der Waals surface area contributed by atoms with Crippen molar-refractivity contribution in [2.24, 2.45) is 0 Å². The first-order valence-corrected chi connectivity index (χ1v) is 8.99. The van der Waals surface area contributed by atoms with Gasteiger partial charge in [-0.05, 0) is 37.4 Å². The van der Waals surface area contributed by atoms with Gasteiger partial charge in [0.15, 0.2) is 5.78 Å². The third-order valence-electron chi connectivity index (χ3n) is 3.23. The molecule has 0 saturated carbocycles. The molecule has 2 aromatic rings. The average molecular weight is 335 g/mol. The first kappa shape index (κ1) is 16.6. The molecule has 0 saturated heterocycles. The summed E-state index contributed by atoms with van der Waals surface area (Å²) >= 11 is 1.38. The number of hydrogen-bond donors (Lipinski definition) is 1. The summed E-state index contributed by atoms with van der Waals surface area (Å²) in [6.45, 7) is 7.00. The lowest BCUT2D eigenvalue weighted by Gasteiger charge is -2.18. The molecule has 0 fully saturated rings. The van der Waals surface area contributed by atoms with E-state index in [9.17, 15) is 13.2 Å². The molecule has 1 aromatic carbocycles. The Hall–Kier alpha value is -1.76. The Bertz CT molecular complexity index is 775. The Balaban J connectivity index is 2.36. The number of Topliss-reactive ketones (excluding diaryl/α,β-unsaturated/α-hetero) is 1. The lowest BCUT2D eigenvalue weighted by Crippen LogP contribution is -2.30. The van der Waals surface area contributed by atoms with Gasteiger partial charge in [0.2, 0.25) is 10.0 Å². The first-order chi connectivity index (χ1) is 10.3. The molecular weight excluding hydrogens is 318 g/mol. The normalized spacial score (nSPS) is 12.8. The van der Waals surface area contributed by atoms with Gasteiger partial charge >= 0.3 is 0 Å². The molecule has 0 aliphatic rings. The highest BCUT2D eigenvalue weighted by molar-refractivity contribution is 7.89. The van der Waals surface area contributed by atoms with Crippen LogP contribution in [0, 0.1) is 6.92 Å². The lowest BCUT2D eigenvalue weighted by molar-refractivity contribution is -0.113. The fourth-order valence-electron chi connectivity index (χ4n) is 1.90. The number of benzene rings is 1. The maximum Gasteiger partial charge on any atom is 0.241 e. The highest BCUT2D eigenvalue weighted by atomic mass is 32.2. The van der Waals surface area contributed by atoms with Crippen molar-refractivity contribution >= 4 is 27.1 Å². The van der Waals surface area contributed by atoms with Gasteiger partial charge in [-0.1, -0.05) is 30.3 Å². The summed E-state index contributed by atoms with van der Waals surface area (Å²) in [6, 6.07) is 9.38. The van der Waals surface area contributed by atoms with Gasteiger partial charge in [-0.3, -0.25) is 4.79 Å². The fourth-order valence-corrected chi connectivity index (χ4v) is 3.99. The van der Waals surface area contributed by atoms with Gasteiger partial charge in [0.05, 0.1) is 10.9 Å². The van der Waals surface area contributed by atoms with Crippen LogP contribution >= 0.6 is 11.3 Å². The summed E-state index contributed by atoms with van der Waals surface area (Å²) in [4.78, 5) is 12.5. The molecule has 0 aliphatic carbocycles. The first-order valence-electron chi connectivity index (χ1n) is 6.63. The van der Waals surface area contributed by atoms with Crippen LogP contribution < -0.4 is 4.72 Å². The van der Waals surface area contributed by atoms with E-state index in [4.69, 9.17) is 0 Å². The van der Waals surface area contributed by atoms with Gasteiger partial charge < -0.3 is 0 Å². The molecule has 1 aromatic heterocycles. The van der Waals surface area contributed by atoms with Crippen LogP contribution in [-0.4, -0.2) is 14.2 Å². The summed E-state index contributed by atoms with van der Waals surface area (Å²) in [7, 11) is -3.74. The van der Waals surface area contributed by atoms with Gasteiger partial charge in [0.1, 0.15) is 0 Å².